The van der Waals surface area contributed by atoms with Gasteiger partial charge >= 0.3 is 0 Å². The predicted octanol–water partition coefficient (Wildman–Crippen LogP) is 2.98. The summed E-state index contributed by atoms with van der Waals surface area (Å²) in [5, 5.41) is 7.29. The Labute approximate surface area is 119 Å². The highest BCUT2D eigenvalue weighted by molar-refractivity contribution is 5.90. The van der Waals surface area contributed by atoms with Gasteiger partial charge in [0.2, 0.25) is 5.91 Å². The maximum absolute atomic E-state index is 11.3. The maximum atomic E-state index is 11.3. The summed E-state index contributed by atoms with van der Waals surface area (Å²) in [5.41, 5.74) is 5.62. The molecule has 2 rings (SSSR count). The van der Waals surface area contributed by atoms with E-state index >= 15 is 0 Å². The van der Waals surface area contributed by atoms with E-state index in [0.29, 0.717) is 6.42 Å². The van der Waals surface area contributed by atoms with Crippen LogP contribution in [-0.2, 0) is 18.3 Å². The zero-order valence-electron chi connectivity index (χ0n) is 12.5. The number of aromatic nitrogens is 2. The third-order valence-electron chi connectivity index (χ3n) is 3.60. The molecule has 0 saturated heterocycles. The minimum absolute atomic E-state index is 0.0386. The summed E-state index contributed by atoms with van der Waals surface area (Å²) in [6.07, 6.45) is 1.36. The normalized spacial score (nSPS) is 10.6. The van der Waals surface area contributed by atoms with Crippen molar-refractivity contribution in [3.05, 3.63) is 46.8 Å². The van der Waals surface area contributed by atoms with Crippen LogP contribution in [0.5, 0.6) is 0 Å². The van der Waals surface area contributed by atoms with E-state index < -0.39 is 0 Å². The molecule has 0 unspecified atom stereocenters. The molecule has 0 radical (unpaired) electrons. The van der Waals surface area contributed by atoms with Gasteiger partial charge in [-0.05, 0) is 31.5 Å². The van der Waals surface area contributed by atoms with Gasteiger partial charge < -0.3 is 5.32 Å². The fourth-order valence-corrected chi connectivity index (χ4v) is 2.23. The molecule has 0 bridgehead atoms. The smallest absolute Gasteiger partial charge is 0.224 e. The molecular weight excluding hydrogens is 250 g/mol. The zero-order chi connectivity index (χ0) is 14.7. The molecule has 4 heteroatoms. The molecule has 1 aromatic carbocycles. The predicted molar refractivity (Wildman–Crippen MR) is 80.9 cm³/mol. The Morgan fingerprint density at radius 2 is 1.90 bits per heavy atom. The molecule has 4 nitrogen and oxygen atoms in total. The quantitative estimate of drug-likeness (QED) is 0.929. The molecule has 0 aliphatic heterocycles. The molecule has 2 aromatic rings. The van der Waals surface area contributed by atoms with E-state index in [2.05, 4.69) is 29.5 Å². The number of hydrogen-bond donors (Lipinski definition) is 1. The summed E-state index contributed by atoms with van der Waals surface area (Å²) in [7, 11) is 1.97. The van der Waals surface area contributed by atoms with Gasteiger partial charge in [-0.1, -0.05) is 19.1 Å². The van der Waals surface area contributed by atoms with Crippen molar-refractivity contribution in [3.63, 3.8) is 0 Å². The topological polar surface area (TPSA) is 46.9 Å². The molecule has 0 atom stereocenters. The number of aryl methyl sites for hydroxylation is 2. The fourth-order valence-electron chi connectivity index (χ4n) is 2.23. The summed E-state index contributed by atoms with van der Waals surface area (Å²) < 4.78 is 1.92. The summed E-state index contributed by atoms with van der Waals surface area (Å²) >= 11 is 0. The molecule has 106 valence electrons. The van der Waals surface area contributed by atoms with Crippen molar-refractivity contribution in [2.75, 3.05) is 5.32 Å². The monoisotopic (exact) mass is 271 g/mol. The van der Waals surface area contributed by atoms with E-state index in [0.717, 1.165) is 17.8 Å². The summed E-state index contributed by atoms with van der Waals surface area (Å²) in [6, 6.07) is 8.00. The van der Waals surface area contributed by atoms with Crippen molar-refractivity contribution >= 4 is 11.6 Å². The highest BCUT2D eigenvalue weighted by atomic mass is 16.1. The largest absolute Gasteiger partial charge is 0.326 e. The van der Waals surface area contributed by atoms with Gasteiger partial charge in [0.15, 0.2) is 0 Å². The van der Waals surface area contributed by atoms with Crippen molar-refractivity contribution in [2.24, 2.45) is 7.05 Å². The van der Waals surface area contributed by atoms with Crippen LogP contribution >= 0.6 is 0 Å². The third-order valence-corrected chi connectivity index (χ3v) is 3.60. The first kappa shape index (κ1) is 14.3. The van der Waals surface area contributed by atoms with Crippen LogP contribution in [0.25, 0.3) is 0 Å². The van der Waals surface area contributed by atoms with Crippen molar-refractivity contribution in [1.82, 2.24) is 9.78 Å². The summed E-state index contributed by atoms with van der Waals surface area (Å²) in [6.45, 7) is 5.97. The Kier molecular flexibility index (Phi) is 4.23. The zero-order valence-corrected chi connectivity index (χ0v) is 12.5. The van der Waals surface area contributed by atoms with E-state index in [-0.39, 0.29) is 5.91 Å². The standard InChI is InChI=1S/C16H21N3O/c1-5-16(20)17-14-8-6-13(7-9-14)10-15-11(2)18-19(4)12(15)3/h6-9H,5,10H2,1-4H3,(H,17,20). The van der Waals surface area contributed by atoms with Gasteiger partial charge in [0.05, 0.1) is 5.69 Å². The third kappa shape index (κ3) is 3.07. The summed E-state index contributed by atoms with van der Waals surface area (Å²) in [4.78, 5) is 11.3. The highest BCUT2D eigenvalue weighted by Gasteiger charge is 2.09. The van der Waals surface area contributed by atoms with Crippen molar-refractivity contribution in [3.8, 4) is 0 Å². The van der Waals surface area contributed by atoms with Crippen molar-refractivity contribution < 1.29 is 4.79 Å². The van der Waals surface area contributed by atoms with Crippen molar-refractivity contribution in [1.29, 1.82) is 0 Å². The van der Waals surface area contributed by atoms with E-state index in [1.807, 2.05) is 37.7 Å². The maximum Gasteiger partial charge on any atom is 0.224 e. The van der Waals surface area contributed by atoms with Gasteiger partial charge in [0, 0.05) is 36.8 Å². The molecule has 20 heavy (non-hydrogen) atoms. The van der Waals surface area contributed by atoms with Crippen LogP contribution in [0.3, 0.4) is 0 Å². The lowest BCUT2D eigenvalue weighted by Crippen LogP contribution is -2.09. The van der Waals surface area contributed by atoms with E-state index in [1.54, 1.807) is 0 Å². The minimum atomic E-state index is 0.0386. The minimum Gasteiger partial charge on any atom is -0.326 e. The number of carbonyl (C=O) groups excluding carboxylic acids is 1. The Morgan fingerprint density at radius 3 is 2.40 bits per heavy atom. The molecule has 1 N–H and O–H groups in total. The molecule has 0 fully saturated rings. The van der Waals surface area contributed by atoms with E-state index in [1.165, 1.54) is 16.8 Å². The Morgan fingerprint density at radius 1 is 1.25 bits per heavy atom. The second kappa shape index (κ2) is 5.90. The molecular formula is C16H21N3O. The van der Waals surface area contributed by atoms with Crippen molar-refractivity contribution in [2.45, 2.75) is 33.6 Å². The van der Waals surface area contributed by atoms with Gasteiger partial charge in [-0.3, -0.25) is 9.48 Å². The number of carbonyl (C=O) groups is 1. The first-order chi connectivity index (χ1) is 9.51. The lowest BCUT2D eigenvalue weighted by atomic mass is 10.0. The lowest BCUT2D eigenvalue weighted by molar-refractivity contribution is -0.115. The SMILES string of the molecule is CCC(=O)Nc1ccc(Cc2c(C)nn(C)c2C)cc1. The Balaban J connectivity index is 2.13. The average Bonchev–Trinajstić information content (AvgIpc) is 2.67. The Bertz CT molecular complexity index is 611. The van der Waals surface area contributed by atoms with Gasteiger partial charge in [-0.2, -0.15) is 5.10 Å². The van der Waals surface area contributed by atoms with E-state index in [9.17, 15) is 4.79 Å². The Hall–Kier alpha value is -2.10. The number of rotatable bonds is 4. The van der Waals surface area contributed by atoms with Crippen LogP contribution in [0.1, 0.15) is 35.9 Å². The molecule has 0 saturated carbocycles. The molecule has 1 aromatic heterocycles. The number of nitrogens with zero attached hydrogens (tertiary/aromatic N) is 2. The second-order valence-electron chi connectivity index (χ2n) is 5.05. The number of hydrogen-bond acceptors (Lipinski definition) is 2. The van der Waals surface area contributed by atoms with Crippen LogP contribution in [0.15, 0.2) is 24.3 Å². The summed E-state index contributed by atoms with van der Waals surface area (Å²) in [5.74, 6) is 0.0386. The van der Waals surface area contributed by atoms with Crippen LogP contribution in [0.2, 0.25) is 0 Å². The van der Waals surface area contributed by atoms with Crippen LogP contribution < -0.4 is 5.32 Å². The number of benzene rings is 1. The van der Waals surface area contributed by atoms with Crippen LogP contribution in [-0.4, -0.2) is 15.7 Å². The van der Waals surface area contributed by atoms with Gasteiger partial charge in [-0.25, -0.2) is 0 Å². The molecule has 1 amide bonds. The van der Waals surface area contributed by atoms with Crippen LogP contribution in [0.4, 0.5) is 5.69 Å². The first-order valence-corrected chi connectivity index (χ1v) is 6.89. The highest BCUT2D eigenvalue weighted by Crippen LogP contribution is 2.18. The number of nitrogens with one attached hydrogen (secondary N) is 1. The first-order valence-electron chi connectivity index (χ1n) is 6.89. The number of amides is 1. The average molecular weight is 271 g/mol. The van der Waals surface area contributed by atoms with Crippen LogP contribution in [0, 0.1) is 13.8 Å². The van der Waals surface area contributed by atoms with Gasteiger partial charge in [-0.15, -0.1) is 0 Å². The molecule has 0 spiro atoms. The van der Waals surface area contributed by atoms with Gasteiger partial charge in [0.25, 0.3) is 0 Å². The van der Waals surface area contributed by atoms with E-state index in [4.69, 9.17) is 0 Å². The number of anilines is 1. The fraction of sp³-hybridized carbons (Fsp3) is 0.375. The molecule has 0 aliphatic carbocycles. The molecule has 0 aliphatic rings. The lowest BCUT2D eigenvalue weighted by Gasteiger charge is -2.06. The second-order valence-corrected chi connectivity index (χ2v) is 5.05. The molecule has 1 heterocycles. The van der Waals surface area contributed by atoms with Gasteiger partial charge in [0.1, 0.15) is 0 Å².